The maximum absolute atomic E-state index is 13.2. The second kappa shape index (κ2) is 11.2. The highest BCUT2D eigenvalue weighted by Crippen LogP contribution is 2.28. The highest BCUT2D eigenvalue weighted by Gasteiger charge is 2.31. The van der Waals surface area contributed by atoms with Crippen LogP contribution in [0.25, 0.3) is 16.9 Å². The average Bonchev–Trinajstić information content (AvgIpc) is 3.45. The van der Waals surface area contributed by atoms with Crippen molar-refractivity contribution in [3.63, 3.8) is 0 Å². The van der Waals surface area contributed by atoms with Crippen molar-refractivity contribution in [1.29, 1.82) is 0 Å². The molecule has 0 aliphatic carbocycles. The molecule has 10 nitrogen and oxygen atoms in total. The van der Waals surface area contributed by atoms with E-state index in [0.717, 1.165) is 17.3 Å². The molecule has 3 aromatic heterocycles. The second-order valence-corrected chi connectivity index (χ2v) is 9.39. The van der Waals surface area contributed by atoms with Crippen LogP contribution in [0.2, 0.25) is 0 Å². The molecule has 0 bridgehead atoms. The van der Waals surface area contributed by atoms with E-state index in [-0.39, 0.29) is 17.8 Å². The molecule has 1 N–H and O–H groups in total. The van der Waals surface area contributed by atoms with Crippen LogP contribution in [0.5, 0.6) is 5.75 Å². The number of hydrogen-bond donors (Lipinski definition) is 1. The van der Waals surface area contributed by atoms with Gasteiger partial charge in [-0.1, -0.05) is 5.21 Å². The number of ketones is 1. The first-order chi connectivity index (χ1) is 18.4. The Morgan fingerprint density at radius 3 is 2.56 bits per heavy atom. The van der Waals surface area contributed by atoms with Crippen LogP contribution in [0.15, 0.2) is 42.9 Å². The van der Waals surface area contributed by atoms with E-state index in [4.69, 9.17) is 0 Å². The van der Waals surface area contributed by atoms with Gasteiger partial charge in [0.2, 0.25) is 0 Å². The first kappa shape index (κ1) is 27.8. The van der Waals surface area contributed by atoms with Gasteiger partial charge in [-0.25, -0.2) is 4.68 Å². The lowest BCUT2D eigenvalue weighted by atomic mass is 10.0. The molecule has 13 heteroatoms. The highest BCUT2D eigenvalue weighted by atomic mass is 19.4. The molecule has 39 heavy (non-hydrogen) atoms. The van der Waals surface area contributed by atoms with Crippen molar-refractivity contribution < 1.29 is 22.7 Å². The standard InChI is InChI=1S/C26H29F3N8O2/c1-16-24(37-15-23(33-34-37)22-14-32-36(5)17(22)2)8-18(13-31-16)9-25(38)19-10-20(30-6-7-35(3)4)12-21(11-19)39-26(27,28)29/h8,10-15,30H,6-7,9H2,1-5H3. The molecular formula is C26H29F3N8O2. The number of benzene rings is 1. The Labute approximate surface area is 223 Å². The van der Waals surface area contributed by atoms with Gasteiger partial charge in [-0.05, 0) is 51.7 Å². The minimum atomic E-state index is -4.89. The summed E-state index contributed by atoms with van der Waals surface area (Å²) in [6.07, 6.45) is 0.0546. The monoisotopic (exact) mass is 542 g/mol. The Balaban J connectivity index is 1.58. The molecule has 0 fully saturated rings. The molecular weight excluding hydrogens is 513 g/mol. The van der Waals surface area contributed by atoms with Crippen LogP contribution in [0.4, 0.5) is 18.9 Å². The number of aromatic nitrogens is 6. The molecule has 0 spiro atoms. The predicted molar refractivity (Wildman–Crippen MR) is 139 cm³/mol. The van der Waals surface area contributed by atoms with Gasteiger partial charge in [0.1, 0.15) is 11.4 Å². The summed E-state index contributed by atoms with van der Waals surface area (Å²) in [5, 5.41) is 15.7. The minimum absolute atomic E-state index is 0.0846. The number of pyridine rings is 1. The van der Waals surface area contributed by atoms with E-state index in [1.165, 1.54) is 12.1 Å². The molecule has 0 saturated heterocycles. The first-order valence-corrected chi connectivity index (χ1v) is 12.1. The number of Topliss-reactive ketones (excluding diaryl/α,β-unsaturated/α-hetero) is 1. The minimum Gasteiger partial charge on any atom is -0.406 e. The number of halogens is 3. The number of nitrogens with one attached hydrogen (secondary N) is 1. The van der Waals surface area contributed by atoms with Gasteiger partial charge in [0, 0.05) is 61.3 Å². The Hall–Kier alpha value is -4.26. The number of hydrogen-bond acceptors (Lipinski definition) is 8. The van der Waals surface area contributed by atoms with Crippen molar-refractivity contribution in [3.05, 3.63) is 65.4 Å². The van der Waals surface area contributed by atoms with Crippen molar-refractivity contribution >= 4 is 11.5 Å². The third-order valence-electron chi connectivity index (χ3n) is 6.08. The number of carbonyl (C=O) groups is 1. The number of likely N-dealkylation sites (N-methyl/N-ethyl adjacent to an activating group) is 1. The lowest BCUT2D eigenvalue weighted by Gasteiger charge is -2.15. The number of nitrogens with zero attached hydrogens (tertiary/aromatic N) is 7. The van der Waals surface area contributed by atoms with E-state index in [1.54, 1.807) is 40.9 Å². The summed E-state index contributed by atoms with van der Waals surface area (Å²) in [7, 11) is 5.60. The largest absolute Gasteiger partial charge is 0.573 e. The van der Waals surface area contributed by atoms with Gasteiger partial charge in [0.25, 0.3) is 0 Å². The van der Waals surface area contributed by atoms with E-state index in [1.807, 2.05) is 33.0 Å². The zero-order valence-corrected chi connectivity index (χ0v) is 22.2. The molecule has 0 atom stereocenters. The fourth-order valence-corrected chi connectivity index (χ4v) is 3.91. The third kappa shape index (κ3) is 6.99. The second-order valence-electron chi connectivity index (χ2n) is 9.39. The Bertz CT molecular complexity index is 1480. The molecule has 4 aromatic rings. The number of rotatable bonds is 10. The number of anilines is 1. The van der Waals surface area contributed by atoms with E-state index in [9.17, 15) is 18.0 Å². The molecule has 3 heterocycles. The maximum atomic E-state index is 13.2. The van der Waals surface area contributed by atoms with Gasteiger partial charge in [-0.3, -0.25) is 14.5 Å². The number of ether oxygens (including phenoxy) is 1. The molecule has 0 unspecified atom stereocenters. The summed E-state index contributed by atoms with van der Waals surface area (Å²) in [5.41, 5.74) is 4.71. The van der Waals surface area contributed by atoms with Crippen LogP contribution in [0.1, 0.15) is 27.3 Å². The van der Waals surface area contributed by atoms with Crippen LogP contribution in [-0.2, 0) is 13.5 Å². The normalized spacial score (nSPS) is 11.7. The molecule has 0 saturated carbocycles. The third-order valence-corrected chi connectivity index (χ3v) is 6.08. The smallest absolute Gasteiger partial charge is 0.406 e. The zero-order valence-electron chi connectivity index (χ0n) is 22.2. The Kier molecular flexibility index (Phi) is 8.00. The van der Waals surface area contributed by atoms with E-state index < -0.39 is 12.1 Å². The van der Waals surface area contributed by atoms with Crippen molar-refractivity contribution in [2.45, 2.75) is 26.6 Å². The van der Waals surface area contributed by atoms with Crippen LogP contribution >= 0.6 is 0 Å². The summed E-state index contributed by atoms with van der Waals surface area (Å²) >= 11 is 0. The van der Waals surface area contributed by atoms with Gasteiger partial charge in [0.15, 0.2) is 5.78 Å². The van der Waals surface area contributed by atoms with E-state index in [2.05, 4.69) is 30.4 Å². The zero-order chi connectivity index (χ0) is 28.3. The SMILES string of the molecule is Cc1ncc(CC(=O)c2cc(NCCN(C)C)cc(OC(F)(F)F)c2)cc1-n1cc(-c2cnn(C)c2C)nn1. The summed E-state index contributed by atoms with van der Waals surface area (Å²) < 4.78 is 46.2. The van der Waals surface area contributed by atoms with Gasteiger partial charge in [-0.15, -0.1) is 18.3 Å². The van der Waals surface area contributed by atoms with Crippen molar-refractivity contribution in [2.24, 2.45) is 7.05 Å². The predicted octanol–water partition coefficient (Wildman–Crippen LogP) is 3.98. The molecule has 206 valence electrons. The Morgan fingerprint density at radius 2 is 1.90 bits per heavy atom. The molecule has 4 rings (SSSR count). The summed E-state index contributed by atoms with van der Waals surface area (Å²) in [4.78, 5) is 19.5. The Morgan fingerprint density at radius 1 is 1.13 bits per heavy atom. The first-order valence-electron chi connectivity index (χ1n) is 12.1. The lowest BCUT2D eigenvalue weighted by molar-refractivity contribution is -0.274. The van der Waals surface area contributed by atoms with Gasteiger partial charge in [0.05, 0.1) is 23.8 Å². The highest BCUT2D eigenvalue weighted by molar-refractivity contribution is 5.98. The summed E-state index contributed by atoms with van der Waals surface area (Å²) in [6.45, 7) is 4.86. The molecule has 1 aromatic carbocycles. The quantitative estimate of drug-likeness (QED) is 0.300. The van der Waals surface area contributed by atoms with Crippen LogP contribution in [-0.4, -0.2) is 74.0 Å². The summed E-state index contributed by atoms with van der Waals surface area (Å²) in [6, 6.07) is 5.60. The van der Waals surface area contributed by atoms with Crippen molar-refractivity contribution in [2.75, 3.05) is 32.5 Å². The molecule has 0 aliphatic rings. The van der Waals surface area contributed by atoms with Crippen LogP contribution in [0, 0.1) is 13.8 Å². The average molecular weight is 543 g/mol. The van der Waals surface area contributed by atoms with Gasteiger partial charge >= 0.3 is 6.36 Å². The molecule has 0 aliphatic heterocycles. The summed E-state index contributed by atoms with van der Waals surface area (Å²) in [5.74, 6) is -0.857. The van der Waals surface area contributed by atoms with Crippen molar-refractivity contribution in [3.8, 4) is 22.7 Å². The van der Waals surface area contributed by atoms with Gasteiger partial charge in [-0.2, -0.15) is 5.10 Å². The van der Waals surface area contributed by atoms with Crippen LogP contribution in [0.3, 0.4) is 0 Å². The van der Waals surface area contributed by atoms with Gasteiger partial charge < -0.3 is 15.0 Å². The topological polar surface area (TPSA) is 103 Å². The number of alkyl halides is 3. The fourth-order valence-electron chi connectivity index (χ4n) is 3.91. The lowest BCUT2D eigenvalue weighted by Crippen LogP contribution is -2.21. The fraction of sp³-hybridized carbons (Fsp3) is 0.346. The number of aryl methyl sites for hydroxylation is 2. The van der Waals surface area contributed by atoms with Crippen molar-refractivity contribution in [1.82, 2.24) is 34.7 Å². The molecule has 0 radical (unpaired) electrons. The van der Waals surface area contributed by atoms with E-state index in [0.29, 0.717) is 41.4 Å². The molecule has 0 amide bonds. The van der Waals surface area contributed by atoms with E-state index >= 15 is 0 Å². The van der Waals surface area contributed by atoms with Crippen LogP contribution < -0.4 is 10.1 Å². The number of carbonyl (C=O) groups excluding carboxylic acids is 1. The maximum Gasteiger partial charge on any atom is 0.573 e.